The van der Waals surface area contributed by atoms with E-state index in [9.17, 15) is 13.2 Å². The van der Waals surface area contributed by atoms with Crippen molar-refractivity contribution in [2.75, 3.05) is 10.0 Å². The zero-order chi connectivity index (χ0) is 17.3. The van der Waals surface area contributed by atoms with Gasteiger partial charge in [-0.05, 0) is 53.8 Å². The van der Waals surface area contributed by atoms with Crippen molar-refractivity contribution in [2.24, 2.45) is 0 Å². The fourth-order valence-electron chi connectivity index (χ4n) is 2.70. The molecule has 0 saturated heterocycles. The normalized spacial score (nSPS) is 14.8. The average Bonchev–Trinajstić information content (AvgIpc) is 2.93. The maximum absolute atomic E-state index is 12.5. The Kier molecular flexibility index (Phi) is 4.32. The van der Waals surface area contributed by atoms with Gasteiger partial charge < -0.3 is 5.32 Å². The highest BCUT2D eigenvalue weighted by molar-refractivity contribution is 7.92. The highest BCUT2D eigenvalue weighted by Gasteiger charge is 2.22. The molecule has 6 heteroatoms. The van der Waals surface area contributed by atoms with Crippen LogP contribution in [0, 0.1) is 0 Å². The van der Waals surface area contributed by atoms with Gasteiger partial charge in [-0.25, -0.2) is 8.42 Å². The van der Waals surface area contributed by atoms with E-state index < -0.39 is 10.0 Å². The van der Waals surface area contributed by atoms with Crippen LogP contribution in [0.1, 0.15) is 37.3 Å². The molecule has 1 aliphatic rings. The molecule has 1 aliphatic heterocycles. The number of amides is 1. The van der Waals surface area contributed by atoms with Crippen molar-refractivity contribution in [1.29, 1.82) is 0 Å². The highest BCUT2D eigenvalue weighted by Crippen LogP contribution is 2.27. The number of hydrogen-bond acceptors (Lipinski definition) is 3. The number of sulfonamides is 1. The summed E-state index contributed by atoms with van der Waals surface area (Å²) in [6, 6.07) is 12.1. The van der Waals surface area contributed by atoms with Crippen molar-refractivity contribution in [3.05, 3.63) is 53.6 Å². The zero-order valence-corrected chi connectivity index (χ0v) is 14.5. The summed E-state index contributed by atoms with van der Waals surface area (Å²) >= 11 is 0. The molecule has 1 unspecified atom stereocenters. The summed E-state index contributed by atoms with van der Waals surface area (Å²) < 4.78 is 27.7. The van der Waals surface area contributed by atoms with Gasteiger partial charge in [0.2, 0.25) is 5.91 Å². The van der Waals surface area contributed by atoms with Crippen molar-refractivity contribution in [3.63, 3.8) is 0 Å². The summed E-state index contributed by atoms with van der Waals surface area (Å²) in [6.45, 7) is 4.26. The van der Waals surface area contributed by atoms with Gasteiger partial charge in [0.1, 0.15) is 0 Å². The second kappa shape index (κ2) is 6.28. The summed E-state index contributed by atoms with van der Waals surface area (Å²) in [5.74, 6) is 0.325. The van der Waals surface area contributed by atoms with E-state index in [1.54, 1.807) is 24.3 Å². The maximum atomic E-state index is 12.5. The van der Waals surface area contributed by atoms with Gasteiger partial charge in [-0.15, -0.1) is 0 Å². The van der Waals surface area contributed by atoms with Gasteiger partial charge >= 0.3 is 0 Å². The van der Waals surface area contributed by atoms with Crippen LogP contribution < -0.4 is 10.0 Å². The molecule has 1 atom stereocenters. The molecule has 2 aromatic rings. The SMILES string of the molecule is CCC(C)c1ccc(NS(=O)(=O)c2ccc3c(c2)CC(=O)N3)cc1. The van der Waals surface area contributed by atoms with E-state index >= 15 is 0 Å². The number of hydrogen-bond donors (Lipinski definition) is 2. The number of nitrogens with one attached hydrogen (secondary N) is 2. The van der Waals surface area contributed by atoms with Crippen molar-refractivity contribution >= 4 is 27.3 Å². The van der Waals surface area contributed by atoms with Crippen molar-refractivity contribution in [2.45, 2.75) is 37.5 Å². The molecule has 126 valence electrons. The van der Waals surface area contributed by atoms with Crippen LogP contribution in [0.4, 0.5) is 11.4 Å². The van der Waals surface area contributed by atoms with E-state index in [0.717, 1.165) is 6.42 Å². The van der Waals surface area contributed by atoms with Gasteiger partial charge in [0.05, 0.1) is 11.3 Å². The summed E-state index contributed by atoms with van der Waals surface area (Å²) in [5.41, 5.74) is 3.09. The Morgan fingerprint density at radius 3 is 2.54 bits per heavy atom. The Bertz CT molecular complexity index is 874. The number of carbonyl (C=O) groups is 1. The first-order valence-electron chi connectivity index (χ1n) is 7.94. The van der Waals surface area contributed by atoms with Crippen LogP contribution in [0.15, 0.2) is 47.4 Å². The minimum atomic E-state index is -3.68. The molecule has 2 aromatic carbocycles. The Morgan fingerprint density at radius 1 is 1.17 bits per heavy atom. The van der Waals surface area contributed by atoms with Crippen LogP contribution in [0.5, 0.6) is 0 Å². The van der Waals surface area contributed by atoms with Gasteiger partial charge in [0.15, 0.2) is 0 Å². The Labute approximate surface area is 142 Å². The fourth-order valence-corrected chi connectivity index (χ4v) is 3.81. The quantitative estimate of drug-likeness (QED) is 0.872. The predicted molar refractivity (Wildman–Crippen MR) is 94.7 cm³/mol. The topological polar surface area (TPSA) is 75.3 Å². The van der Waals surface area contributed by atoms with Crippen LogP contribution >= 0.6 is 0 Å². The van der Waals surface area contributed by atoms with Gasteiger partial charge in [0.25, 0.3) is 10.0 Å². The minimum absolute atomic E-state index is 0.117. The maximum Gasteiger partial charge on any atom is 0.261 e. The molecule has 1 heterocycles. The first kappa shape index (κ1) is 16.5. The lowest BCUT2D eigenvalue weighted by Crippen LogP contribution is -2.13. The third-order valence-electron chi connectivity index (χ3n) is 4.36. The molecule has 24 heavy (non-hydrogen) atoms. The molecule has 0 radical (unpaired) electrons. The Balaban J connectivity index is 1.82. The van der Waals surface area contributed by atoms with E-state index in [4.69, 9.17) is 0 Å². The van der Waals surface area contributed by atoms with Gasteiger partial charge in [-0.3, -0.25) is 9.52 Å². The third kappa shape index (κ3) is 3.28. The molecular weight excluding hydrogens is 324 g/mol. The Hall–Kier alpha value is -2.34. The third-order valence-corrected chi connectivity index (χ3v) is 5.74. The summed E-state index contributed by atoms with van der Waals surface area (Å²) in [5, 5.41) is 2.69. The molecule has 5 nitrogen and oxygen atoms in total. The lowest BCUT2D eigenvalue weighted by atomic mass is 9.99. The number of rotatable bonds is 5. The standard InChI is InChI=1S/C18H20N2O3S/c1-3-12(2)13-4-6-15(7-5-13)20-24(22,23)16-8-9-17-14(10-16)11-18(21)19-17/h4-10,12,20H,3,11H2,1-2H3,(H,19,21). The highest BCUT2D eigenvalue weighted by atomic mass is 32.2. The van der Waals surface area contributed by atoms with Crippen molar-refractivity contribution in [3.8, 4) is 0 Å². The lowest BCUT2D eigenvalue weighted by molar-refractivity contribution is -0.115. The van der Waals surface area contributed by atoms with Gasteiger partial charge in [0, 0.05) is 11.4 Å². The Morgan fingerprint density at radius 2 is 1.88 bits per heavy atom. The van der Waals surface area contributed by atoms with E-state index in [2.05, 4.69) is 23.9 Å². The predicted octanol–water partition coefficient (Wildman–Crippen LogP) is 3.50. The van der Waals surface area contributed by atoms with E-state index in [-0.39, 0.29) is 17.2 Å². The molecule has 0 fully saturated rings. The molecule has 0 aromatic heterocycles. The molecule has 1 amide bonds. The molecule has 0 aliphatic carbocycles. The van der Waals surface area contributed by atoms with Crippen LogP contribution in [0.2, 0.25) is 0 Å². The molecule has 3 rings (SSSR count). The first-order chi connectivity index (χ1) is 11.4. The molecule has 0 spiro atoms. The first-order valence-corrected chi connectivity index (χ1v) is 9.43. The largest absolute Gasteiger partial charge is 0.326 e. The van der Waals surface area contributed by atoms with Crippen molar-refractivity contribution in [1.82, 2.24) is 0 Å². The van der Waals surface area contributed by atoms with E-state index in [1.165, 1.54) is 11.6 Å². The van der Waals surface area contributed by atoms with Crippen LogP contribution in [0.3, 0.4) is 0 Å². The van der Waals surface area contributed by atoms with E-state index in [1.807, 2.05) is 12.1 Å². The average molecular weight is 344 g/mol. The smallest absolute Gasteiger partial charge is 0.261 e. The van der Waals surface area contributed by atoms with Crippen LogP contribution in [-0.2, 0) is 21.2 Å². The molecular formula is C18H20N2O3S. The van der Waals surface area contributed by atoms with Crippen LogP contribution in [-0.4, -0.2) is 14.3 Å². The molecule has 2 N–H and O–H groups in total. The second-order valence-electron chi connectivity index (χ2n) is 6.08. The second-order valence-corrected chi connectivity index (χ2v) is 7.76. The number of benzene rings is 2. The molecule has 0 bridgehead atoms. The zero-order valence-electron chi connectivity index (χ0n) is 13.7. The fraction of sp³-hybridized carbons (Fsp3) is 0.278. The number of fused-ring (bicyclic) bond motifs is 1. The number of carbonyl (C=O) groups excluding carboxylic acids is 1. The molecule has 0 saturated carbocycles. The lowest BCUT2D eigenvalue weighted by Gasteiger charge is -2.12. The van der Waals surface area contributed by atoms with E-state index in [0.29, 0.717) is 22.9 Å². The summed E-state index contributed by atoms with van der Waals surface area (Å²) in [7, 11) is -3.68. The minimum Gasteiger partial charge on any atom is -0.326 e. The monoisotopic (exact) mass is 344 g/mol. The number of anilines is 2. The van der Waals surface area contributed by atoms with Gasteiger partial charge in [-0.2, -0.15) is 0 Å². The van der Waals surface area contributed by atoms with Gasteiger partial charge in [-0.1, -0.05) is 26.0 Å². The summed E-state index contributed by atoms with van der Waals surface area (Å²) in [4.78, 5) is 11.5. The van der Waals surface area contributed by atoms with Crippen molar-refractivity contribution < 1.29 is 13.2 Å². The summed E-state index contributed by atoms with van der Waals surface area (Å²) in [6.07, 6.45) is 1.25. The van der Waals surface area contributed by atoms with Crippen LogP contribution in [0.25, 0.3) is 0 Å².